The van der Waals surface area contributed by atoms with Crippen molar-refractivity contribution in [1.82, 2.24) is 10.2 Å². The summed E-state index contributed by atoms with van der Waals surface area (Å²) in [5.74, 6) is 1.36. The molecule has 0 saturated heterocycles. The van der Waals surface area contributed by atoms with Crippen molar-refractivity contribution in [1.29, 1.82) is 0 Å². The number of nitrogens with zero attached hydrogens (tertiary/aromatic N) is 3. The summed E-state index contributed by atoms with van der Waals surface area (Å²) in [6, 6.07) is 14.7. The third kappa shape index (κ3) is 4.34. The number of carbonyl (C=O) groups is 2. The third-order valence-corrected chi connectivity index (χ3v) is 6.03. The molecule has 0 saturated carbocycles. The van der Waals surface area contributed by atoms with E-state index in [0.717, 1.165) is 22.6 Å². The number of carbonyl (C=O) groups excluding carboxylic acids is 2. The fourth-order valence-electron chi connectivity index (χ4n) is 3.46. The summed E-state index contributed by atoms with van der Waals surface area (Å²) >= 11 is 1.24. The minimum Gasteiger partial charge on any atom is -0.497 e. The third-order valence-electron chi connectivity index (χ3n) is 5.09. The van der Waals surface area contributed by atoms with Gasteiger partial charge in [-0.2, -0.15) is 0 Å². The summed E-state index contributed by atoms with van der Waals surface area (Å²) in [4.78, 5) is 36.4. The van der Waals surface area contributed by atoms with Gasteiger partial charge in [0.05, 0.1) is 18.6 Å². The summed E-state index contributed by atoms with van der Waals surface area (Å²) in [5.41, 5.74) is 2.55. The van der Waals surface area contributed by atoms with Crippen LogP contribution in [-0.2, 0) is 16.1 Å². The number of amidine groups is 2. The van der Waals surface area contributed by atoms with Crippen LogP contribution in [0.3, 0.4) is 0 Å². The number of rotatable bonds is 6. The SMILES string of the molecule is COc1cccc(CNC(=O)CSC2=Nc3ccccc3C3=N[C@@H](C(C)C)C(=O)N23)c1. The number of benzene rings is 2. The van der Waals surface area contributed by atoms with Crippen LogP contribution in [0.1, 0.15) is 25.0 Å². The van der Waals surface area contributed by atoms with E-state index in [1.165, 1.54) is 11.8 Å². The molecule has 2 amide bonds. The monoisotopic (exact) mass is 436 g/mol. The number of amides is 2. The molecule has 2 aromatic rings. The van der Waals surface area contributed by atoms with Gasteiger partial charge in [0.25, 0.3) is 5.91 Å². The molecule has 0 bridgehead atoms. The molecule has 160 valence electrons. The topological polar surface area (TPSA) is 83.4 Å². The van der Waals surface area contributed by atoms with Gasteiger partial charge < -0.3 is 10.1 Å². The Labute approximate surface area is 185 Å². The van der Waals surface area contributed by atoms with E-state index >= 15 is 0 Å². The lowest BCUT2D eigenvalue weighted by atomic mass is 10.1. The van der Waals surface area contributed by atoms with Crippen LogP contribution in [0.25, 0.3) is 0 Å². The predicted molar refractivity (Wildman–Crippen MR) is 123 cm³/mol. The van der Waals surface area contributed by atoms with Gasteiger partial charge in [0.1, 0.15) is 17.6 Å². The highest BCUT2D eigenvalue weighted by Crippen LogP contribution is 2.34. The Hall–Kier alpha value is -3.13. The molecule has 0 fully saturated rings. The van der Waals surface area contributed by atoms with Crippen LogP contribution in [0, 0.1) is 5.92 Å². The molecule has 0 spiro atoms. The predicted octanol–water partition coefficient (Wildman–Crippen LogP) is 3.36. The number of thioether (sulfide) groups is 1. The maximum absolute atomic E-state index is 13.0. The maximum atomic E-state index is 13.0. The van der Waals surface area contributed by atoms with Crippen molar-refractivity contribution < 1.29 is 14.3 Å². The van der Waals surface area contributed by atoms with Gasteiger partial charge in [-0.15, -0.1) is 0 Å². The van der Waals surface area contributed by atoms with E-state index in [9.17, 15) is 9.59 Å². The normalized spacial score (nSPS) is 17.1. The van der Waals surface area contributed by atoms with Crippen molar-refractivity contribution in [2.24, 2.45) is 15.9 Å². The van der Waals surface area contributed by atoms with Crippen LogP contribution in [0.15, 0.2) is 58.5 Å². The van der Waals surface area contributed by atoms with E-state index in [-0.39, 0.29) is 23.5 Å². The molecule has 0 aromatic heterocycles. The second kappa shape index (κ2) is 8.93. The van der Waals surface area contributed by atoms with Gasteiger partial charge in [-0.1, -0.05) is 49.9 Å². The molecule has 1 atom stereocenters. The van der Waals surface area contributed by atoms with Crippen LogP contribution in [0.4, 0.5) is 5.69 Å². The fraction of sp³-hybridized carbons (Fsp3) is 0.304. The van der Waals surface area contributed by atoms with Crippen LogP contribution in [0.5, 0.6) is 5.75 Å². The highest BCUT2D eigenvalue weighted by atomic mass is 32.2. The van der Waals surface area contributed by atoms with Gasteiger partial charge in [0, 0.05) is 12.1 Å². The number of nitrogens with one attached hydrogen (secondary N) is 1. The molecule has 2 aliphatic rings. The summed E-state index contributed by atoms with van der Waals surface area (Å²) in [7, 11) is 1.61. The zero-order valence-electron chi connectivity index (χ0n) is 17.7. The molecule has 2 heterocycles. The first-order valence-corrected chi connectivity index (χ1v) is 11.1. The Morgan fingerprint density at radius 1 is 1.23 bits per heavy atom. The van der Waals surface area contributed by atoms with Gasteiger partial charge in [0.2, 0.25) is 5.91 Å². The van der Waals surface area contributed by atoms with E-state index in [1.54, 1.807) is 12.0 Å². The lowest BCUT2D eigenvalue weighted by Gasteiger charge is -2.25. The van der Waals surface area contributed by atoms with E-state index < -0.39 is 6.04 Å². The quantitative estimate of drug-likeness (QED) is 0.753. The summed E-state index contributed by atoms with van der Waals surface area (Å²) in [6.45, 7) is 4.36. The largest absolute Gasteiger partial charge is 0.497 e. The molecular weight excluding hydrogens is 412 g/mol. The number of hydrogen-bond donors (Lipinski definition) is 1. The zero-order chi connectivity index (χ0) is 22.0. The van der Waals surface area contributed by atoms with Crippen molar-refractivity contribution in [2.45, 2.75) is 26.4 Å². The Morgan fingerprint density at radius 3 is 2.81 bits per heavy atom. The average Bonchev–Trinajstić information content (AvgIpc) is 3.14. The number of methoxy groups -OCH3 is 1. The highest BCUT2D eigenvalue weighted by Gasteiger charge is 2.42. The Kier molecular flexibility index (Phi) is 6.08. The number of para-hydroxylation sites is 1. The maximum Gasteiger partial charge on any atom is 0.259 e. The van der Waals surface area contributed by atoms with Crippen LogP contribution in [-0.4, -0.2) is 46.6 Å². The lowest BCUT2D eigenvalue weighted by molar-refractivity contribution is -0.125. The second-order valence-corrected chi connectivity index (χ2v) is 8.59. The van der Waals surface area contributed by atoms with Crippen molar-refractivity contribution in [2.75, 3.05) is 12.9 Å². The van der Waals surface area contributed by atoms with E-state index in [0.29, 0.717) is 17.5 Å². The van der Waals surface area contributed by atoms with Crippen LogP contribution in [0.2, 0.25) is 0 Å². The van der Waals surface area contributed by atoms with Crippen molar-refractivity contribution in [3.05, 3.63) is 59.7 Å². The first kappa shape index (κ1) is 21.1. The molecule has 2 aromatic carbocycles. The molecule has 2 aliphatic heterocycles. The Morgan fingerprint density at radius 2 is 2.03 bits per heavy atom. The zero-order valence-corrected chi connectivity index (χ0v) is 18.5. The van der Waals surface area contributed by atoms with E-state index in [2.05, 4.69) is 15.3 Å². The first-order chi connectivity index (χ1) is 15.0. The standard InChI is InChI=1S/C23H24N4O3S/c1-14(2)20-22(29)27-21(26-20)17-9-4-5-10-18(17)25-23(27)31-13-19(28)24-12-15-7-6-8-16(11-15)30-3/h4-11,14,20H,12-13H2,1-3H3,(H,24,28)/t20-/m0/s1. The summed E-state index contributed by atoms with van der Waals surface area (Å²) in [5, 5.41) is 3.39. The molecule has 1 N–H and O–H groups in total. The number of ether oxygens (including phenoxy) is 1. The summed E-state index contributed by atoms with van der Waals surface area (Å²) in [6.07, 6.45) is 0. The van der Waals surface area contributed by atoms with E-state index in [4.69, 9.17) is 4.74 Å². The minimum atomic E-state index is -0.436. The van der Waals surface area contributed by atoms with Crippen molar-refractivity contribution >= 4 is 40.3 Å². The van der Waals surface area contributed by atoms with E-state index in [1.807, 2.05) is 62.4 Å². The second-order valence-electron chi connectivity index (χ2n) is 7.64. The van der Waals surface area contributed by atoms with Crippen LogP contribution >= 0.6 is 11.8 Å². The number of hydrogen-bond acceptors (Lipinski definition) is 6. The van der Waals surface area contributed by atoms with Crippen molar-refractivity contribution in [3.8, 4) is 5.75 Å². The first-order valence-electron chi connectivity index (χ1n) is 10.1. The minimum absolute atomic E-state index is 0.0789. The highest BCUT2D eigenvalue weighted by molar-refractivity contribution is 8.14. The van der Waals surface area contributed by atoms with Gasteiger partial charge >= 0.3 is 0 Å². The Balaban J connectivity index is 1.46. The van der Waals surface area contributed by atoms with Crippen molar-refractivity contribution in [3.63, 3.8) is 0 Å². The molecule has 0 radical (unpaired) electrons. The fourth-order valence-corrected chi connectivity index (χ4v) is 4.30. The van der Waals surface area contributed by atoms with Gasteiger partial charge in [0.15, 0.2) is 5.17 Å². The average molecular weight is 437 g/mol. The van der Waals surface area contributed by atoms with Crippen LogP contribution < -0.4 is 10.1 Å². The number of fused-ring (bicyclic) bond motifs is 3. The molecule has 4 rings (SSSR count). The van der Waals surface area contributed by atoms with Gasteiger partial charge in [-0.3, -0.25) is 14.6 Å². The molecule has 7 nitrogen and oxygen atoms in total. The van der Waals surface area contributed by atoms with Gasteiger partial charge in [-0.05, 0) is 35.7 Å². The lowest BCUT2D eigenvalue weighted by Crippen LogP contribution is -2.42. The summed E-state index contributed by atoms with van der Waals surface area (Å²) < 4.78 is 5.21. The Bertz CT molecular complexity index is 1080. The number of aliphatic imine (C=N–C) groups is 2. The molecule has 31 heavy (non-hydrogen) atoms. The smallest absolute Gasteiger partial charge is 0.259 e. The molecule has 8 heteroatoms. The molecular formula is C23H24N4O3S. The van der Waals surface area contributed by atoms with Gasteiger partial charge in [-0.25, -0.2) is 9.89 Å². The molecule has 0 aliphatic carbocycles. The molecule has 0 unspecified atom stereocenters.